The first-order valence-corrected chi connectivity index (χ1v) is 8.42. The average molecular weight is 339 g/mol. The molecule has 4 heterocycles. The minimum absolute atomic E-state index is 0.0428. The van der Waals surface area contributed by atoms with Crippen molar-refractivity contribution < 1.29 is 4.79 Å². The number of aromatic nitrogens is 3. The van der Waals surface area contributed by atoms with Crippen LogP contribution in [0.25, 0.3) is 16.7 Å². The first-order chi connectivity index (χ1) is 12.0. The number of nitrogens with zero attached hydrogens (tertiary/aromatic N) is 5. The fourth-order valence-electron chi connectivity index (χ4n) is 3.41. The van der Waals surface area contributed by atoms with Gasteiger partial charge in [-0.15, -0.1) is 0 Å². The summed E-state index contributed by atoms with van der Waals surface area (Å²) < 4.78 is 3.28. The lowest BCUT2D eigenvalue weighted by atomic mass is 10.2. The Labute approximate surface area is 145 Å². The number of aryl methyl sites for hydroxylation is 2. The van der Waals surface area contributed by atoms with Gasteiger partial charge in [-0.1, -0.05) is 6.07 Å². The van der Waals surface area contributed by atoms with E-state index in [1.807, 2.05) is 24.0 Å². The number of rotatable bonds is 1. The molecule has 130 valence electrons. The van der Waals surface area contributed by atoms with Crippen molar-refractivity contribution in [2.24, 2.45) is 7.05 Å². The third-order valence-corrected chi connectivity index (χ3v) is 5.03. The highest BCUT2D eigenvalue weighted by Crippen LogP contribution is 2.18. The van der Waals surface area contributed by atoms with Crippen molar-refractivity contribution in [3.05, 3.63) is 46.0 Å². The Hall–Kier alpha value is -2.67. The van der Waals surface area contributed by atoms with E-state index in [1.165, 1.54) is 0 Å². The number of carbonyl (C=O) groups is 1. The smallest absolute Gasteiger partial charge is 0.270 e. The molecule has 0 aromatic carbocycles. The molecule has 0 unspecified atom stereocenters. The average Bonchev–Trinajstić information content (AvgIpc) is 2.94. The molecule has 0 bridgehead atoms. The molecule has 0 saturated carbocycles. The second kappa shape index (κ2) is 5.70. The lowest BCUT2D eigenvalue weighted by molar-refractivity contribution is 0.0655. The van der Waals surface area contributed by atoms with E-state index in [9.17, 15) is 9.59 Å². The highest BCUT2D eigenvalue weighted by molar-refractivity contribution is 5.98. The van der Waals surface area contributed by atoms with Crippen LogP contribution in [0.5, 0.6) is 0 Å². The highest BCUT2D eigenvalue weighted by Gasteiger charge is 2.24. The Morgan fingerprint density at radius 2 is 1.84 bits per heavy atom. The van der Waals surface area contributed by atoms with E-state index < -0.39 is 0 Å². The summed E-state index contributed by atoms with van der Waals surface area (Å²) in [6, 6.07) is 5.43. The van der Waals surface area contributed by atoms with Gasteiger partial charge in [0.2, 0.25) is 0 Å². The lowest BCUT2D eigenvalue weighted by Crippen LogP contribution is -2.47. The zero-order valence-corrected chi connectivity index (χ0v) is 14.7. The number of piperazine rings is 1. The maximum Gasteiger partial charge on any atom is 0.270 e. The molecule has 1 saturated heterocycles. The minimum Gasteiger partial charge on any atom is -0.335 e. The van der Waals surface area contributed by atoms with Gasteiger partial charge in [-0.25, -0.2) is 4.98 Å². The molecule has 1 amide bonds. The standard InChI is InChI=1S/C18H21N5O2/c1-12-5-4-6-23-15(12)19-16-13(17(23)24)11-14(21(16)3)18(25)22-9-7-20(2)8-10-22/h4-6,11H,7-10H2,1-3H3. The van der Waals surface area contributed by atoms with Crippen LogP contribution < -0.4 is 5.56 Å². The van der Waals surface area contributed by atoms with Gasteiger partial charge in [0.05, 0.1) is 5.39 Å². The molecule has 0 aliphatic carbocycles. The monoisotopic (exact) mass is 339 g/mol. The summed E-state index contributed by atoms with van der Waals surface area (Å²) in [5, 5.41) is 0.475. The Balaban J connectivity index is 1.86. The van der Waals surface area contributed by atoms with Crippen molar-refractivity contribution in [1.29, 1.82) is 0 Å². The highest BCUT2D eigenvalue weighted by atomic mass is 16.2. The number of likely N-dealkylation sites (N-methyl/N-ethyl adjacent to an activating group) is 1. The van der Waals surface area contributed by atoms with E-state index in [-0.39, 0.29) is 11.5 Å². The van der Waals surface area contributed by atoms with Gasteiger partial charge in [-0.3, -0.25) is 14.0 Å². The third kappa shape index (κ3) is 2.42. The number of carbonyl (C=O) groups excluding carboxylic acids is 1. The van der Waals surface area contributed by atoms with Gasteiger partial charge in [0, 0.05) is 39.4 Å². The molecule has 0 radical (unpaired) electrons. The summed E-state index contributed by atoms with van der Waals surface area (Å²) in [7, 11) is 3.85. The summed E-state index contributed by atoms with van der Waals surface area (Å²) in [4.78, 5) is 34.4. The SMILES string of the molecule is Cc1cccn2c(=O)c3cc(C(=O)N4CCN(C)CC4)n(C)c3nc12. The van der Waals surface area contributed by atoms with Gasteiger partial charge in [0.1, 0.15) is 17.0 Å². The molecule has 1 aliphatic rings. The Morgan fingerprint density at radius 3 is 2.56 bits per heavy atom. The molecule has 3 aromatic heterocycles. The molecule has 25 heavy (non-hydrogen) atoms. The van der Waals surface area contributed by atoms with Crippen molar-refractivity contribution in [1.82, 2.24) is 23.8 Å². The van der Waals surface area contributed by atoms with E-state index in [1.54, 1.807) is 28.3 Å². The molecular formula is C18H21N5O2. The molecule has 3 aromatic rings. The summed E-state index contributed by atoms with van der Waals surface area (Å²) >= 11 is 0. The molecular weight excluding hydrogens is 318 g/mol. The Kier molecular flexibility index (Phi) is 3.61. The number of amides is 1. The van der Waals surface area contributed by atoms with Crippen LogP contribution in [-0.4, -0.2) is 62.9 Å². The molecule has 1 aliphatic heterocycles. The van der Waals surface area contributed by atoms with E-state index in [2.05, 4.69) is 16.9 Å². The van der Waals surface area contributed by atoms with E-state index in [0.717, 1.165) is 18.7 Å². The fourth-order valence-corrected chi connectivity index (χ4v) is 3.41. The van der Waals surface area contributed by atoms with Crippen molar-refractivity contribution in [2.45, 2.75) is 6.92 Å². The summed E-state index contributed by atoms with van der Waals surface area (Å²) in [6.45, 7) is 5.04. The maximum atomic E-state index is 12.9. The lowest BCUT2D eigenvalue weighted by Gasteiger charge is -2.32. The van der Waals surface area contributed by atoms with Crippen LogP contribution in [0.15, 0.2) is 29.2 Å². The van der Waals surface area contributed by atoms with Crippen LogP contribution in [-0.2, 0) is 7.05 Å². The van der Waals surface area contributed by atoms with Gasteiger partial charge < -0.3 is 14.4 Å². The van der Waals surface area contributed by atoms with E-state index in [4.69, 9.17) is 0 Å². The number of fused-ring (bicyclic) bond motifs is 2. The molecule has 0 spiro atoms. The fraction of sp³-hybridized carbons (Fsp3) is 0.389. The molecule has 1 fully saturated rings. The summed E-state index contributed by atoms with van der Waals surface area (Å²) in [5.74, 6) is -0.0428. The normalized spacial score (nSPS) is 16.0. The molecule has 0 N–H and O–H groups in total. The molecule has 0 atom stereocenters. The van der Waals surface area contributed by atoms with Gasteiger partial charge in [-0.2, -0.15) is 0 Å². The molecule has 7 nitrogen and oxygen atoms in total. The largest absolute Gasteiger partial charge is 0.335 e. The molecule has 7 heteroatoms. The van der Waals surface area contributed by atoms with Crippen LogP contribution in [0.3, 0.4) is 0 Å². The van der Waals surface area contributed by atoms with Gasteiger partial charge >= 0.3 is 0 Å². The van der Waals surface area contributed by atoms with E-state index in [0.29, 0.717) is 35.5 Å². The maximum absolute atomic E-state index is 12.9. The van der Waals surface area contributed by atoms with E-state index >= 15 is 0 Å². The van der Waals surface area contributed by atoms with Crippen LogP contribution in [0, 0.1) is 6.92 Å². The first-order valence-electron chi connectivity index (χ1n) is 8.42. The second-order valence-corrected chi connectivity index (χ2v) is 6.72. The predicted molar refractivity (Wildman–Crippen MR) is 96.1 cm³/mol. The van der Waals surface area contributed by atoms with Gasteiger partial charge in [0.15, 0.2) is 0 Å². The van der Waals surface area contributed by atoms with Crippen molar-refractivity contribution in [2.75, 3.05) is 33.2 Å². The zero-order valence-electron chi connectivity index (χ0n) is 14.7. The first kappa shape index (κ1) is 15.8. The van der Waals surface area contributed by atoms with Crippen LogP contribution in [0.2, 0.25) is 0 Å². The predicted octanol–water partition coefficient (Wildman–Crippen LogP) is 0.882. The summed E-state index contributed by atoms with van der Waals surface area (Å²) in [5.41, 5.74) is 2.47. The second-order valence-electron chi connectivity index (χ2n) is 6.72. The third-order valence-electron chi connectivity index (χ3n) is 5.03. The van der Waals surface area contributed by atoms with Crippen molar-refractivity contribution >= 4 is 22.6 Å². The van der Waals surface area contributed by atoms with Gasteiger partial charge in [-0.05, 0) is 31.7 Å². The minimum atomic E-state index is -0.142. The Morgan fingerprint density at radius 1 is 1.12 bits per heavy atom. The van der Waals surface area contributed by atoms with Crippen LogP contribution in [0.4, 0.5) is 0 Å². The van der Waals surface area contributed by atoms with Gasteiger partial charge in [0.25, 0.3) is 11.5 Å². The topological polar surface area (TPSA) is 62.9 Å². The van der Waals surface area contributed by atoms with Crippen molar-refractivity contribution in [3.8, 4) is 0 Å². The Bertz CT molecular complexity index is 1040. The zero-order chi connectivity index (χ0) is 17.7. The van der Waals surface area contributed by atoms with Crippen LogP contribution in [0.1, 0.15) is 16.1 Å². The number of hydrogen-bond donors (Lipinski definition) is 0. The van der Waals surface area contributed by atoms with Crippen LogP contribution >= 0.6 is 0 Å². The summed E-state index contributed by atoms with van der Waals surface area (Å²) in [6.07, 6.45) is 1.71. The van der Waals surface area contributed by atoms with Crippen molar-refractivity contribution in [3.63, 3.8) is 0 Å². The quantitative estimate of drug-likeness (QED) is 0.660. The number of hydrogen-bond acceptors (Lipinski definition) is 4. The number of pyridine rings is 1. The molecule has 4 rings (SSSR count).